The first kappa shape index (κ1) is 10.9. The molecule has 0 fully saturated rings. The molecule has 0 saturated carbocycles. The lowest BCUT2D eigenvalue weighted by Gasteiger charge is -2.00. The Hall–Kier alpha value is -2.19. The van der Waals surface area contributed by atoms with E-state index in [0.29, 0.717) is 0 Å². The van der Waals surface area contributed by atoms with Gasteiger partial charge in [0.25, 0.3) is 0 Å². The highest BCUT2D eigenvalue weighted by atomic mass is 32.1. The minimum Gasteiger partial charge on any atom is -0.293 e. The second-order valence-electron chi connectivity index (χ2n) is 3.80. The van der Waals surface area contributed by atoms with Gasteiger partial charge in [-0.05, 0) is 24.3 Å². The number of hydrogen-bond acceptors (Lipinski definition) is 3. The molecule has 3 aromatic rings. The lowest BCUT2D eigenvalue weighted by atomic mass is 10.1. The number of halogens is 1. The van der Waals surface area contributed by atoms with Gasteiger partial charge >= 0.3 is 0 Å². The molecular weight excluding hydrogens is 249 g/mol. The van der Waals surface area contributed by atoms with Crippen molar-refractivity contribution in [2.75, 3.05) is 0 Å². The van der Waals surface area contributed by atoms with E-state index >= 15 is 0 Å². The Morgan fingerprint density at radius 1 is 1.33 bits per heavy atom. The Bertz CT molecular complexity index is 734. The third-order valence-electron chi connectivity index (χ3n) is 2.73. The molecule has 0 aliphatic heterocycles. The van der Waals surface area contributed by atoms with Gasteiger partial charge in [-0.25, -0.2) is 9.37 Å². The number of hydrogen-bond donors (Lipinski definition) is 0. The van der Waals surface area contributed by atoms with Gasteiger partial charge in [-0.3, -0.25) is 4.40 Å². The van der Waals surface area contributed by atoms with Gasteiger partial charge in [0.15, 0.2) is 4.96 Å². The van der Waals surface area contributed by atoms with Crippen molar-refractivity contribution in [3.63, 3.8) is 0 Å². The molecule has 0 aliphatic rings. The van der Waals surface area contributed by atoms with Crippen molar-refractivity contribution in [2.45, 2.75) is 6.42 Å². The maximum Gasteiger partial charge on any atom is 0.194 e. The molecule has 3 nitrogen and oxygen atoms in total. The predicted molar refractivity (Wildman–Crippen MR) is 67.8 cm³/mol. The third-order valence-corrected chi connectivity index (χ3v) is 3.48. The highest BCUT2D eigenvalue weighted by Crippen LogP contribution is 2.27. The van der Waals surface area contributed by atoms with Crippen LogP contribution in [0.5, 0.6) is 0 Å². The molecule has 18 heavy (non-hydrogen) atoms. The SMILES string of the molecule is N#CCc1c(-c2ccc(F)cc2)nc2sccn12. The van der Waals surface area contributed by atoms with Gasteiger partial charge in [-0.2, -0.15) is 5.26 Å². The molecule has 5 heteroatoms. The summed E-state index contributed by atoms with van der Waals surface area (Å²) in [5.41, 5.74) is 2.43. The molecule has 88 valence electrons. The summed E-state index contributed by atoms with van der Waals surface area (Å²) in [7, 11) is 0. The van der Waals surface area contributed by atoms with Crippen LogP contribution in [-0.4, -0.2) is 9.38 Å². The number of aromatic nitrogens is 2. The lowest BCUT2D eigenvalue weighted by molar-refractivity contribution is 0.628. The maximum absolute atomic E-state index is 12.9. The first-order valence-electron chi connectivity index (χ1n) is 5.37. The van der Waals surface area contributed by atoms with Gasteiger partial charge in [0.1, 0.15) is 5.82 Å². The fourth-order valence-electron chi connectivity index (χ4n) is 1.92. The van der Waals surface area contributed by atoms with E-state index in [2.05, 4.69) is 11.1 Å². The second-order valence-corrected chi connectivity index (χ2v) is 4.68. The number of imidazole rings is 1. The lowest BCUT2D eigenvalue weighted by Crippen LogP contribution is -1.91. The molecule has 0 bridgehead atoms. The average Bonchev–Trinajstić information content (AvgIpc) is 2.93. The molecule has 2 heterocycles. The van der Waals surface area contributed by atoms with Crippen molar-refractivity contribution >= 4 is 16.3 Å². The zero-order valence-corrected chi connectivity index (χ0v) is 10.1. The van der Waals surface area contributed by atoms with Crippen LogP contribution in [0.4, 0.5) is 4.39 Å². The summed E-state index contributed by atoms with van der Waals surface area (Å²) in [5, 5.41) is 10.8. The molecule has 0 unspecified atom stereocenters. The summed E-state index contributed by atoms with van der Waals surface area (Å²) >= 11 is 1.51. The molecule has 3 rings (SSSR count). The molecule has 0 atom stereocenters. The van der Waals surface area contributed by atoms with Crippen molar-refractivity contribution in [1.82, 2.24) is 9.38 Å². The normalized spacial score (nSPS) is 10.7. The summed E-state index contributed by atoms with van der Waals surface area (Å²) in [6.45, 7) is 0. The first-order chi connectivity index (χ1) is 8.79. The van der Waals surface area contributed by atoms with Crippen LogP contribution < -0.4 is 0 Å². The van der Waals surface area contributed by atoms with Crippen molar-refractivity contribution < 1.29 is 4.39 Å². The Morgan fingerprint density at radius 2 is 2.11 bits per heavy atom. The molecule has 0 N–H and O–H groups in total. The molecule has 2 aromatic heterocycles. The van der Waals surface area contributed by atoms with Crippen LogP contribution >= 0.6 is 11.3 Å². The predicted octanol–water partition coefficient (Wildman–Crippen LogP) is 3.27. The van der Waals surface area contributed by atoms with Crippen molar-refractivity contribution in [3.8, 4) is 17.3 Å². The Kier molecular flexibility index (Phi) is 2.58. The summed E-state index contributed by atoms with van der Waals surface area (Å²) in [5.74, 6) is -0.276. The quantitative estimate of drug-likeness (QED) is 0.707. The largest absolute Gasteiger partial charge is 0.293 e. The van der Waals surface area contributed by atoms with Crippen LogP contribution in [0.15, 0.2) is 35.8 Å². The Balaban J connectivity index is 2.21. The molecule has 1 aromatic carbocycles. The van der Waals surface area contributed by atoms with E-state index in [4.69, 9.17) is 5.26 Å². The smallest absolute Gasteiger partial charge is 0.194 e. The van der Waals surface area contributed by atoms with E-state index in [1.807, 2.05) is 16.0 Å². The zero-order valence-electron chi connectivity index (χ0n) is 9.30. The summed E-state index contributed by atoms with van der Waals surface area (Å²) in [6.07, 6.45) is 2.18. The van der Waals surface area contributed by atoms with Gasteiger partial charge in [0.2, 0.25) is 0 Å². The fraction of sp³-hybridized carbons (Fsp3) is 0.0769. The number of benzene rings is 1. The number of rotatable bonds is 2. The van der Waals surface area contributed by atoms with Crippen LogP contribution in [0, 0.1) is 17.1 Å². The summed E-state index contributed by atoms with van der Waals surface area (Å²) in [6, 6.07) is 8.31. The third kappa shape index (κ3) is 1.67. The van der Waals surface area contributed by atoms with Gasteiger partial charge in [-0.15, -0.1) is 11.3 Å². The first-order valence-corrected chi connectivity index (χ1v) is 6.25. The number of thiazole rings is 1. The van der Waals surface area contributed by atoms with Gasteiger partial charge < -0.3 is 0 Å². The van der Waals surface area contributed by atoms with Crippen LogP contribution in [0.1, 0.15) is 5.69 Å². The van der Waals surface area contributed by atoms with E-state index in [0.717, 1.165) is 21.9 Å². The molecule has 0 aliphatic carbocycles. The fourth-order valence-corrected chi connectivity index (χ4v) is 2.65. The molecule has 0 amide bonds. The summed E-state index contributed by atoms with van der Waals surface area (Å²) in [4.78, 5) is 5.35. The van der Waals surface area contributed by atoms with Gasteiger partial charge in [0.05, 0.1) is 23.9 Å². The maximum atomic E-state index is 12.9. The molecule has 0 radical (unpaired) electrons. The van der Waals surface area contributed by atoms with E-state index in [-0.39, 0.29) is 12.2 Å². The monoisotopic (exact) mass is 257 g/mol. The van der Waals surface area contributed by atoms with Gasteiger partial charge in [-0.1, -0.05) is 0 Å². The Labute approximate surface area is 107 Å². The van der Waals surface area contributed by atoms with Crippen LogP contribution in [0.25, 0.3) is 16.2 Å². The molecule has 0 saturated heterocycles. The van der Waals surface area contributed by atoms with Crippen LogP contribution in [0.3, 0.4) is 0 Å². The van der Waals surface area contributed by atoms with Crippen LogP contribution in [-0.2, 0) is 6.42 Å². The summed E-state index contributed by atoms with van der Waals surface area (Å²) < 4.78 is 14.8. The second kappa shape index (κ2) is 4.24. The minimum absolute atomic E-state index is 0.276. The Morgan fingerprint density at radius 3 is 2.83 bits per heavy atom. The minimum atomic E-state index is -0.276. The van der Waals surface area contributed by atoms with E-state index in [9.17, 15) is 4.39 Å². The van der Waals surface area contributed by atoms with Crippen LogP contribution in [0.2, 0.25) is 0 Å². The standard InChI is InChI=1S/C13H8FN3S/c14-10-3-1-9(2-4-10)12-11(5-6-15)17-7-8-18-13(17)16-12/h1-4,7-8H,5H2. The van der Waals surface area contributed by atoms with Crippen molar-refractivity contribution in [3.05, 3.63) is 47.4 Å². The molecule has 0 spiro atoms. The zero-order chi connectivity index (χ0) is 12.5. The van der Waals surface area contributed by atoms with Crippen molar-refractivity contribution in [2.24, 2.45) is 0 Å². The van der Waals surface area contributed by atoms with E-state index in [1.54, 1.807) is 12.1 Å². The van der Waals surface area contributed by atoms with E-state index < -0.39 is 0 Å². The number of nitriles is 1. The van der Waals surface area contributed by atoms with Crippen molar-refractivity contribution in [1.29, 1.82) is 5.26 Å². The average molecular weight is 257 g/mol. The highest BCUT2D eigenvalue weighted by molar-refractivity contribution is 7.15. The van der Waals surface area contributed by atoms with E-state index in [1.165, 1.54) is 23.5 Å². The highest BCUT2D eigenvalue weighted by Gasteiger charge is 2.14. The molecular formula is C13H8FN3S. The number of fused-ring (bicyclic) bond motifs is 1. The number of nitrogens with zero attached hydrogens (tertiary/aromatic N) is 3. The van der Waals surface area contributed by atoms with Gasteiger partial charge in [0, 0.05) is 17.1 Å². The topological polar surface area (TPSA) is 41.1 Å².